The highest BCUT2D eigenvalue weighted by Crippen LogP contribution is 2.44. The minimum absolute atomic E-state index is 0.0798. The van der Waals surface area contributed by atoms with Gasteiger partial charge in [-0.15, -0.1) is 0 Å². The second-order valence-corrected chi connectivity index (χ2v) is 15.4. The fraction of sp³-hybridized carbons (Fsp3) is 0.0980. The van der Waals surface area contributed by atoms with Crippen LogP contribution in [-0.4, -0.2) is 15.8 Å². The quantitative estimate of drug-likeness (QED) is 0.145. The fourth-order valence-corrected chi connectivity index (χ4v) is 9.81. The van der Waals surface area contributed by atoms with Crippen LogP contribution < -0.4 is 26.2 Å². The van der Waals surface area contributed by atoms with E-state index in [0.717, 1.165) is 35.6 Å². The molecule has 0 atom stereocenters. The van der Waals surface area contributed by atoms with Gasteiger partial charge >= 0.3 is 0 Å². The third-order valence-electron chi connectivity index (χ3n) is 12.0. The Bertz CT molecular complexity index is 2670. The Kier molecular flexibility index (Phi) is 7.40. The summed E-state index contributed by atoms with van der Waals surface area (Å²) in [6.07, 6.45) is 2.12. The predicted molar refractivity (Wildman–Crippen MR) is 238 cm³/mol. The molecule has 2 aromatic heterocycles. The van der Waals surface area contributed by atoms with E-state index in [1.54, 1.807) is 0 Å². The van der Waals surface area contributed by atoms with Gasteiger partial charge in [0.25, 0.3) is 6.71 Å². The molecule has 56 heavy (non-hydrogen) atoms. The molecule has 7 aromatic carbocycles. The first-order valence-electron chi connectivity index (χ1n) is 19.9. The van der Waals surface area contributed by atoms with Gasteiger partial charge in [0.1, 0.15) is 0 Å². The lowest BCUT2D eigenvalue weighted by molar-refractivity contribution is 0.912. The molecule has 0 N–H and O–H groups in total. The largest absolute Gasteiger partial charge is 0.315 e. The summed E-state index contributed by atoms with van der Waals surface area (Å²) >= 11 is 0. The summed E-state index contributed by atoms with van der Waals surface area (Å²) in [4.78, 5) is 4.84. The van der Waals surface area contributed by atoms with E-state index >= 15 is 0 Å². The zero-order valence-electron chi connectivity index (χ0n) is 31.9. The molecule has 0 radical (unpaired) electrons. The summed E-state index contributed by atoms with van der Waals surface area (Å²) in [7, 11) is 0. The van der Waals surface area contributed by atoms with Gasteiger partial charge in [-0.2, -0.15) is 0 Å². The maximum atomic E-state index is 2.57. The SMILES string of the molecule is CCCc1cc2c3c(c1)-n1c(C)cc4c(N(c5ccccc5)c5ccccc5)ccc(c41)B3c1ccc(N(c3ccccc3)c3ccccc3)c3cc(C)n-2c13. The maximum Gasteiger partial charge on any atom is 0.252 e. The molecule has 5 heteroatoms. The van der Waals surface area contributed by atoms with Gasteiger partial charge in [0.2, 0.25) is 0 Å². The van der Waals surface area contributed by atoms with Crippen LogP contribution >= 0.6 is 0 Å². The minimum atomic E-state index is 0.0798. The Balaban J connectivity index is 1.21. The molecule has 0 aliphatic carbocycles. The molecule has 268 valence electrons. The average molecular weight is 721 g/mol. The van der Waals surface area contributed by atoms with Gasteiger partial charge in [0.05, 0.1) is 22.4 Å². The van der Waals surface area contributed by atoms with Gasteiger partial charge in [-0.25, -0.2) is 0 Å². The van der Waals surface area contributed by atoms with E-state index in [4.69, 9.17) is 0 Å². The van der Waals surface area contributed by atoms with Crippen molar-refractivity contribution in [2.45, 2.75) is 33.6 Å². The third kappa shape index (κ3) is 4.73. The van der Waals surface area contributed by atoms with Crippen LogP contribution in [-0.2, 0) is 6.42 Å². The predicted octanol–water partition coefficient (Wildman–Crippen LogP) is 11.2. The van der Waals surface area contributed by atoms with Crippen LogP contribution in [0.15, 0.2) is 170 Å². The molecular weight excluding hydrogens is 679 g/mol. The zero-order chi connectivity index (χ0) is 37.5. The van der Waals surface area contributed by atoms with Crippen LogP contribution in [0.4, 0.5) is 34.1 Å². The Morgan fingerprint density at radius 3 is 1.20 bits per heavy atom. The Hall–Kier alpha value is -6.72. The first-order valence-corrected chi connectivity index (χ1v) is 19.9. The summed E-state index contributed by atoms with van der Waals surface area (Å²) in [5.74, 6) is 0. The van der Waals surface area contributed by atoms with E-state index < -0.39 is 0 Å². The van der Waals surface area contributed by atoms with E-state index in [1.807, 2.05) is 0 Å². The molecular formula is C51H41BN4. The lowest BCUT2D eigenvalue weighted by Crippen LogP contribution is -2.59. The van der Waals surface area contributed by atoms with E-state index in [2.05, 4.69) is 210 Å². The summed E-state index contributed by atoms with van der Waals surface area (Å²) in [5.41, 5.74) is 20.2. The number of hydrogen-bond acceptors (Lipinski definition) is 2. The van der Waals surface area contributed by atoms with Crippen molar-refractivity contribution in [1.29, 1.82) is 0 Å². The van der Waals surface area contributed by atoms with Crippen molar-refractivity contribution in [3.63, 3.8) is 0 Å². The molecule has 0 amide bonds. The maximum absolute atomic E-state index is 2.57. The van der Waals surface area contributed by atoms with Gasteiger partial charge in [-0.05, 0) is 127 Å². The number of para-hydroxylation sites is 4. The van der Waals surface area contributed by atoms with Crippen molar-refractivity contribution in [2.75, 3.05) is 9.80 Å². The summed E-state index contributed by atoms with van der Waals surface area (Å²) < 4.78 is 5.14. The van der Waals surface area contributed by atoms with Crippen molar-refractivity contribution >= 4 is 79.0 Å². The molecule has 0 saturated carbocycles. The molecule has 9 aromatic rings. The molecule has 2 aliphatic rings. The average Bonchev–Trinajstić information content (AvgIpc) is 3.78. The first kappa shape index (κ1) is 32.7. The highest BCUT2D eigenvalue weighted by Gasteiger charge is 2.41. The minimum Gasteiger partial charge on any atom is -0.315 e. The number of aromatic nitrogens is 2. The Labute approximate surface area is 328 Å². The van der Waals surface area contributed by atoms with Gasteiger partial charge in [0.15, 0.2) is 0 Å². The van der Waals surface area contributed by atoms with Crippen molar-refractivity contribution < 1.29 is 0 Å². The van der Waals surface area contributed by atoms with Crippen molar-refractivity contribution in [1.82, 2.24) is 9.13 Å². The molecule has 0 unspecified atom stereocenters. The van der Waals surface area contributed by atoms with Gasteiger partial charge in [-0.1, -0.05) is 98.3 Å². The number of anilines is 6. The molecule has 2 aliphatic heterocycles. The first-order chi connectivity index (χ1) is 27.6. The third-order valence-corrected chi connectivity index (χ3v) is 12.0. The molecule has 0 spiro atoms. The monoisotopic (exact) mass is 720 g/mol. The molecule has 0 fully saturated rings. The Morgan fingerprint density at radius 2 is 0.839 bits per heavy atom. The normalized spacial score (nSPS) is 12.3. The second-order valence-electron chi connectivity index (χ2n) is 15.4. The van der Waals surface area contributed by atoms with Crippen molar-refractivity contribution in [2.24, 2.45) is 0 Å². The second kappa shape index (κ2) is 12.7. The summed E-state index contributed by atoms with van der Waals surface area (Å²) in [5, 5.41) is 2.54. The molecule has 4 heterocycles. The van der Waals surface area contributed by atoms with Crippen LogP contribution in [0, 0.1) is 13.8 Å². The highest BCUT2D eigenvalue weighted by atomic mass is 15.2. The van der Waals surface area contributed by atoms with Crippen LogP contribution in [0.5, 0.6) is 0 Å². The molecule has 4 nitrogen and oxygen atoms in total. The van der Waals surface area contributed by atoms with E-state index in [-0.39, 0.29) is 6.71 Å². The number of benzene rings is 7. The number of fused-ring (bicyclic) bond motifs is 4. The van der Waals surface area contributed by atoms with Crippen molar-refractivity contribution in [3.05, 3.63) is 187 Å². The lowest BCUT2D eigenvalue weighted by Gasteiger charge is -2.36. The number of hydrogen-bond donors (Lipinski definition) is 0. The van der Waals surface area contributed by atoms with E-state index in [0.29, 0.717) is 0 Å². The van der Waals surface area contributed by atoms with Crippen molar-refractivity contribution in [3.8, 4) is 11.4 Å². The standard InChI is InChI=1S/C51H41BN4/c1-4-17-36-32-47-49-48(33-36)54-35(3)31-42-46(56(39-22-13-7-14-23-39)40-24-15-8-16-25-40)29-27-44(51(42)54)52(49)43-26-28-45(41-30-34(2)53(47)50(41)43)55(37-18-9-5-10-19-37)38-20-11-6-12-21-38/h5-16,18-33H,4,17H2,1-3H3. The van der Waals surface area contributed by atoms with Crippen LogP contribution in [0.2, 0.25) is 0 Å². The number of nitrogens with zero attached hydrogens (tertiary/aromatic N) is 4. The molecule has 0 bridgehead atoms. The zero-order valence-corrected chi connectivity index (χ0v) is 31.9. The van der Waals surface area contributed by atoms with Crippen LogP contribution in [0.1, 0.15) is 30.3 Å². The van der Waals surface area contributed by atoms with Gasteiger partial charge in [-0.3, -0.25) is 0 Å². The summed E-state index contributed by atoms with van der Waals surface area (Å²) in [6, 6.07) is 62.6. The smallest absolute Gasteiger partial charge is 0.252 e. The van der Waals surface area contributed by atoms with E-state index in [9.17, 15) is 0 Å². The summed E-state index contributed by atoms with van der Waals surface area (Å²) in [6.45, 7) is 6.94. The molecule has 11 rings (SSSR count). The number of aryl methyl sites for hydroxylation is 3. The lowest BCUT2D eigenvalue weighted by atomic mass is 9.34. The highest BCUT2D eigenvalue weighted by molar-refractivity contribution is 7.00. The molecule has 0 saturated heterocycles. The van der Waals surface area contributed by atoms with Crippen LogP contribution in [0.3, 0.4) is 0 Å². The fourth-order valence-electron chi connectivity index (χ4n) is 9.81. The topological polar surface area (TPSA) is 16.3 Å². The number of rotatable bonds is 8. The van der Waals surface area contributed by atoms with Gasteiger partial charge < -0.3 is 18.9 Å². The van der Waals surface area contributed by atoms with Crippen LogP contribution in [0.25, 0.3) is 33.2 Å². The van der Waals surface area contributed by atoms with E-state index in [1.165, 1.54) is 77.9 Å². The van der Waals surface area contributed by atoms with Gasteiger partial charge in [0, 0.05) is 56.3 Å². The Morgan fingerprint density at radius 1 is 0.464 bits per heavy atom.